The Labute approximate surface area is 263 Å². The smallest absolute Gasteiger partial charge is 0.305 e. The van der Waals surface area contributed by atoms with Crippen LogP contribution in [-0.2, 0) is 23.8 Å². The quantitative estimate of drug-likeness (QED) is 0.0380. The first kappa shape index (κ1) is 39.1. The molecule has 3 atom stereocenters. The van der Waals surface area contributed by atoms with Gasteiger partial charge in [0.1, 0.15) is 19.3 Å². The van der Waals surface area contributed by atoms with Gasteiger partial charge in [0.15, 0.2) is 0 Å². The van der Waals surface area contributed by atoms with E-state index in [4.69, 9.17) is 14.2 Å². The molecular weight excluding hydrogens is 540 g/mol. The van der Waals surface area contributed by atoms with Crippen LogP contribution in [0.4, 0.5) is 0 Å². The molecule has 1 saturated heterocycles. The molecule has 1 heterocycles. The third-order valence-corrected chi connectivity index (χ3v) is 7.78. The van der Waals surface area contributed by atoms with Crippen LogP contribution in [0.2, 0.25) is 0 Å². The summed E-state index contributed by atoms with van der Waals surface area (Å²) in [6.45, 7) is 4.19. The summed E-state index contributed by atoms with van der Waals surface area (Å²) in [6, 6.07) is 0. The first-order chi connectivity index (χ1) is 21.1. The summed E-state index contributed by atoms with van der Waals surface area (Å²) >= 11 is 0. The van der Waals surface area contributed by atoms with Crippen LogP contribution in [0.3, 0.4) is 0 Å². The average Bonchev–Trinajstić information content (AvgIpc) is 3.76. The van der Waals surface area contributed by atoms with Crippen molar-refractivity contribution in [1.29, 1.82) is 0 Å². The number of ether oxygens (including phenoxy) is 3. The van der Waals surface area contributed by atoms with Crippen molar-refractivity contribution in [2.45, 2.75) is 173 Å². The zero-order valence-corrected chi connectivity index (χ0v) is 27.7. The van der Waals surface area contributed by atoms with Gasteiger partial charge in [-0.2, -0.15) is 0 Å². The van der Waals surface area contributed by atoms with Gasteiger partial charge < -0.3 is 19.3 Å². The van der Waals surface area contributed by atoms with Crippen molar-refractivity contribution in [2.75, 3.05) is 13.2 Å². The average molecular weight is 605 g/mol. The Hall–Kier alpha value is -1.92. The molecule has 0 saturated carbocycles. The molecule has 0 aliphatic carbocycles. The lowest BCUT2D eigenvalue weighted by atomic mass is 10.1. The number of aliphatic hydroxyl groups excluding tert-OH is 1. The van der Waals surface area contributed by atoms with Gasteiger partial charge in [0.2, 0.25) is 0 Å². The summed E-state index contributed by atoms with van der Waals surface area (Å²) < 4.78 is 16.0. The second-order valence-electron chi connectivity index (χ2n) is 12.0. The molecule has 0 radical (unpaired) electrons. The number of unbranched alkanes of at least 4 members (excludes halogenated alkanes) is 14. The number of rotatable bonds is 30. The molecule has 0 amide bonds. The summed E-state index contributed by atoms with van der Waals surface area (Å²) in [6.07, 6.45) is 36.5. The highest BCUT2D eigenvalue weighted by Crippen LogP contribution is 2.29. The van der Waals surface area contributed by atoms with Crippen molar-refractivity contribution in [1.82, 2.24) is 0 Å². The number of aliphatic hydroxyl groups is 1. The predicted molar refractivity (Wildman–Crippen MR) is 177 cm³/mol. The van der Waals surface area contributed by atoms with Gasteiger partial charge in [0, 0.05) is 12.8 Å². The number of esters is 2. The normalized spacial score (nSPS) is 17.3. The SMILES string of the molecule is CCCCC/C=C\C/C=C\CC1OC1C/C=C\CCCC(=O)OC[C@H](O)COC(=O)CCCCCCCCCCCCC. The standard InChI is InChI=1S/C37H64O6/c1-3-5-7-9-11-13-14-16-18-20-25-29-36(39)41-31-33(38)32-42-37(40)30-26-22-21-24-28-35-34(43-35)27-23-19-17-15-12-10-8-6-4-2/h12,15,19,21,23-24,33-35,38H,3-11,13-14,16-18,20,22,25-32H2,1-2H3/b15-12-,23-19-,24-21-/t33-,34?,35?/m1/s1. The molecule has 0 aromatic carbocycles. The molecule has 6 nitrogen and oxygen atoms in total. The second-order valence-corrected chi connectivity index (χ2v) is 12.0. The summed E-state index contributed by atoms with van der Waals surface area (Å²) in [7, 11) is 0. The fraction of sp³-hybridized carbons (Fsp3) is 0.784. The van der Waals surface area contributed by atoms with Gasteiger partial charge in [-0.1, -0.05) is 127 Å². The monoisotopic (exact) mass is 604 g/mol. The maximum Gasteiger partial charge on any atom is 0.305 e. The number of carbonyl (C=O) groups excluding carboxylic acids is 2. The first-order valence-corrected chi connectivity index (χ1v) is 17.7. The minimum absolute atomic E-state index is 0.136. The number of epoxide rings is 1. The number of hydrogen-bond acceptors (Lipinski definition) is 6. The Bertz CT molecular complexity index is 758. The fourth-order valence-electron chi connectivity index (χ4n) is 4.94. The van der Waals surface area contributed by atoms with E-state index in [0.29, 0.717) is 31.5 Å². The van der Waals surface area contributed by atoms with Gasteiger partial charge in [-0.25, -0.2) is 0 Å². The van der Waals surface area contributed by atoms with E-state index in [2.05, 4.69) is 50.3 Å². The molecule has 0 bridgehead atoms. The summed E-state index contributed by atoms with van der Waals surface area (Å²) in [5.41, 5.74) is 0. The van der Waals surface area contributed by atoms with E-state index in [-0.39, 0.29) is 25.2 Å². The van der Waals surface area contributed by atoms with Crippen LogP contribution < -0.4 is 0 Å². The van der Waals surface area contributed by atoms with E-state index in [0.717, 1.165) is 44.9 Å². The maximum absolute atomic E-state index is 11.9. The van der Waals surface area contributed by atoms with Gasteiger partial charge in [-0.05, 0) is 51.4 Å². The zero-order valence-electron chi connectivity index (χ0n) is 27.7. The summed E-state index contributed by atoms with van der Waals surface area (Å²) in [5.74, 6) is -0.638. The molecule has 1 rings (SSSR count). The number of carbonyl (C=O) groups is 2. The summed E-state index contributed by atoms with van der Waals surface area (Å²) in [5, 5.41) is 9.97. The predicted octanol–water partition coefficient (Wildman–Crippen LogP) is 9.49. The van der Waals surface area contributed by atoms with Crippen molar-refractivity contribution in [2.24, 2.45) is 0 Å². The highest BCUT2D eigenvalue weighted by atomic mass is 16.6. The molecule has 0 aromatic heterocycles. The fourth-order valence-corrected chi connectivity index (χ4v) is 4.94. The molecule has 248 valence electrons. The Morgan fingerprint density at radius 3 is 1.65 bits per heavy atom. The lowest BCUT2D eigenvalue weighted by Gasteiger charge is -2.12. The Morgan fingerprint density at radius 2 is 1.05 bits per heavy atom. The highest BCUT2D eigenvalue weighted by molar-refractivity contribution is 5.69. The van der Waals surface area contributed by atoms with Crippen LogP contribution in [-0.4, -0.2) is 48.6 Å². The molecule has 1 fully saturated rings. The van der Waals surface area contributed by atoms with Crippen LogP contribution >= 0.6 is 0 Å². The molecule has 1 N–H and O–H groups in total. The van der Waals surface area contributed by atoms with Crippen molar-refractivity contribution in [3.8, 4) is 0 Å². The van der Waals surface area contributed by atoms with Gasteiger partial charge in [0.25, 0.3) is 0 Å². The molecule has 1 aliphatic heterocycles. The molecule has 43 heavy (non-hydrogen) atoms. The van der Waals surface area contributed by atoms with E-state index in [1.807, 2.05) is 0 Å². The lowest BCUT2D eigenvalue weighted by molar-refractivity contribution is -0.152. The number of hydrogen-bond donors (Lipinski definition) is 1. The third kappa shape index (κ3) is 26.2. The second kappa shape index (κ2) is 28.8. The first-order valence-electron chi connectivity index (χ1n) is 17.7. The molecule has 6 heteroatoms. The maximum atomic E-state index is 11.9. The molecule has 1 aliphatic rings. The minimum Gasteiger partial charge on any atom is -0.463 e. The Balaban J connectivity index is 1.90. The lowest BCUT2D eigenvalue weighted by Crippen LogP contribution is -2.25. The van der Waals surface area contributed by atoms with E-state index >= 15 is 0 Å². The highest BCUT2D eigenvalue weighted by Gasteiger charge is 2.35. The Morgan fingerprint density at radius 1 is 0.605 bits per heavy atom. The van der Waals surface area contributed by atoms with Gasteiger partial charge >= 0.3 is 11.9 Å². The molecule has 0 spiro atoms. The largest absolute Gasteiger partial charge is 0.463 e. The van der Waals surface area contributed by atoms with Crippen LogP contribution in [0.5, 0.6) is 0 Å². The van der Waals surface area contributed by atoms with Crippen LogP contribution in [0.15, 0.2) is 36.5 Å². The van der Waals surface area contributed by atoms with Crippen molar-refractivity contribution in [3.05, 3.63) is 36.5 Å². The van der Waals surface area contributed by atoms with Crippen molar-refractivity contribution in [3.63, 3.8) is 0 Å². The van der Waals surface area contributed by atoms with E-state index in [9.17, 15) is 14.7 Å². The van der Waals surface area contributed by atoms with Crippen molar-refractivity contribution >= 4 is 11.9 Å². The molecule has 2 unspecified atom stereocenters. The van der Waals surface area contributed by atoms with Crippen LogP contribution in [0.25, 0.3) is 0 Å². The van der Waals surface area contributed by atoms with Crippen LogP contribution in [0.1, 0.15) is 155 Å². The topological polar surface area (TPSA) is 85.4 Å². The van der Waals surface area contributed by atoms with Crippen molar-refractivity contribution < 1.29 is 28.9 Å². The zero-order chi connectivity index (χ0) is 31.2. The van der Waals surface area contributed by atoms with E-state index in [1.54, 1.807) is 0 Å². The minimum atomic E-state index is -0.988. The summed E-state index contributed by atoms with van der Waals surface area (Å²) in [4.78, 5) is 23.8. The van der Waals surface area contributed by atoms with Gasteiger partial charge in [0.05, 0.1) is 12.2 Å². The third-order valence-electron chi connectivity index (χ3n) is 7.78. The van der Waals surface area contributed by atoms with Gasteiger partial charge in [-0.15, -0.1) is 0 Å². The molecule has 0 aromatic rings. The molecular formula is C37H64O6. The number of allylic oxidation sites excluding steroid dienone is 4. The van der Waals surface area contributed by atoms with E-state index < -0.39 is 6.10 Å². The van der Waals surface area contributed by atoms with Crippen LogP contribution in [0, 0.1) is 0 Å². The van der Waals surface area contributed by atoms with E-state index in [1.165, 1.54) is 77.0 Å². The Kier molecular flexibility index (Phi) is 26.2. The van der Waals surface area contributed by atoms with Gasteiger partial charge in [-0.3, -0.25) is 9.59 Å².